The maximum Gasteiger partial charge on any atom is 0.573 e. The van der Waals surface area contributed by atoms with Crippen molar-refractivity contribution in [3.8, 4) is 17.1 Å². The van der Waals surface area contributed by atoms with E-state index in [9.17, 15) is 18.0 Å². The lowest BCUT2D eigenvalue weighted by atomic mass is 10.0. The second kappa shape index (κ2) is 8.12. The third-order valence-corrected chi connectivity index (χ3v) is 5.11. The first-order valence-corrected chi connectivity index (χ1v) is 9.60. The second-order valence-corrected chi connectivity index (χ2v) is 7.40. The van der Waals surface area contributed by atoms with E-state index in [1.54, 1.807) is 36.4 Å². The van der Waals surface area contributed by atoms with Gasteiger partial charge in [0, 0.05) is 42.2 Å². The average Bonchev–Trinajstić information content (AvgIpc) is 2.69. The van der Waals surface area contributed by atoms with Gasteiger partial charge in [-0.05, 0) is 30.3 Å². The van der Waals surface area contributed by atoms with Crippen LogP contribution in [0.25, 0.3) is 11.4 Å². The Kier molecular flexibility index (Phi) is 5.53. The average molecular weight is 436 g/mol. The maximum atomic E-state index is 12.7. The van der Waals surface area contributed by atoms with Crippen molar-refractivity contribution in [2.45, 2.75) is 25.9 Å². The van der Waals surface area contributed by atoms with E-state index in [0.717, 1.165) is 5.56 Å². The zero-order valence-corrected chi connectivity index (χ0v) is 16.4. The van der Waals surface area contributed by atoms with E-state index in [-0.39, 0.29) is 17.9 Å². The quantitative estimate of drug-likeness (QED) is 0.653. The normalized spacial score (nSPS) is 14.4. The van der Waals surface area contributed by atoms with Crippen LogP contribution in [0.2, 0.25) is 5.02 Å². The molecule has 4 rings (SSSR count). The number of ether oxygens (including phenoxy) is 1. The monoisotopic (exact) mass is 435 g/mol. The van der Waals surface area contributed by atoms with Crippen LogP contribution in [0.5, 0.6) is 5.75 Å². The number of nitrogens with one attached hydrogen (secondary N) is 1. The van der Waals surface area contributed by atoms with E-state index in [0.29, 0.717) is 47.2 Å². The first kappa shape index (κ1) is 20.4. The summed E-state index contributed by atoms with van der Waals surface area (Å²) in [5.41, 5.74) is 2.11. The number of hydrogen-bond acceptors (Lipinski definition) is 4. The van der Waals surface area contributed by atoms with Gasteiger partial charge in [-0.3, -0.25) is 9.69 Å². The largest absolute Gasteiger partial charge is 0.573 e. The van der Waals surface area contributed by atoms with Crippen LogP contribution < -0.4 is 10.3 Å². The van der Waals surface area contributed by atoms with E-state index in [2.05, 4.69) is 14.7 Å². The van der Waals surface area contributed by atoms with Crippen molar-refractivity contribution in [1.29, 1.82) is 0 Å². The van der Waals surface area contributed by atoms with Crippen LogP contribution in [-0.4, -0.2) is 27.8 Å². The smallest absolute Gasteiger partial charge is 0.405 e. The van der Waals surface area contributed by atoms with Crippen LogP contribution in [0, 0.1) is 0 Å². The van der Waals surface area contributed by atoms with Gasteiger partial charge in [-0.2, -0.15) is 0 Å². The van der Waals surface area contributed by atoms with E-state index < -0.39 is 6.36 Å². The number of hydrogen-bond donors (Lipinski definition) is 1. The SMILES string of the molecule is O=c1[nH]c(-c2ccc(Cl)cc2)nc2c1CN(Cc1ccccc1OC(F)(F)F)CC2. The van der Waals surface area contributed by atoms with Crippen molar-refractivity contribution < 1.29 is 17.9 Å². The Bertz CT molecular complexity index is 1110. The third kappa shape index (κ3) is 4.66. The van der Waals surface area contributed by atoms with Crippen molar-refractivity contribution in [3.05, 3.63) is 80.7 Å². The summed E-state index contributed by atoms with van der Waals surface area (Å²) in [4.78, 5) is 21.9. The van der Waals surface area contributed by atoms with Gasteiger partial charge in [-0.25, -0.2) is 4.98 Å². The Morgan fingerprint density at radius 2 is 1.87 bits per heavy atom. The van der Waals surface area contributed by atoms with E-state index in [4.69, 9.17) is 11.6 Å². The molecular weight excluding hydrogens is 419 g/mol. The van der Waals surface area contributed by atoms with Crippen molar-refractivity contribution in [3.63, 3.8) is 0 Å². The predicted molar refractivity (Wildman–Crippen MR) is 106 cm³/mol. The first-order valence-electron chi connectivity index (χ1n) is 9.22. The molecule has 3 aromatic rings. The highest BCUT2D eigenvalue weighted by Gasteiger charge is 2.32. The number of H-pyrrole nitrogens is 1. The Balaban J connectivity index is 1.55. The highest BCUT2D eigenvalue weighted by molar-refractivity contribution is 6.30. The van der Waals surface area contributed by atoms with Gasteiger partial charge in [-0.15, -0.1) is 13.2 Å². The summed E-state index contributed by atoms with van der Waals surface area (Å²) in [6, 6.07) is 13.0. The Morgan fingerprint density at radius 3 is 2.60 bits per heavy atom. The van der Waals surface area contributed by atoms with Gasteiger partial charge in [0.15, 0.2) is 0 Å². The van der Waals surface area contributed by atoms with Gasteiger partial charge < -0.3 is 9.72 Å². The molecule has 0 atom stereocenters. The molecule has 2 heterocycles. The van der Waals surface area contributed by atoms with Crippen LogP contribution in [0.1, 0.15) is 16.8 Å². The summed E-state index contributed by atoms with van der Waals surface area (Å²) in [6.07, 6.45) is -4.24. The van der Waals surface area contributed by atoms with Gasteiger partial charge in [0.2, 0.25) is 0 Å². The molecule has 1 N–H and O–H groups in total. The van der Waals surface area contributed by atoms with Gasteiger partial charge in [0.1, 0.15) is 11.6 Å². The molecule has 0 unspecified atom stereocenters. The summed E-state index contributed by atoms with van der Waals surface area (Å²) in [5, 5.41) is 0.587. The summed E-state index contributed by atoms with van der Waals surface area (Å²) < 4.78 is 42.1. The highest BCUT2D eigenvalue weighted by atomic mass is 35.5. The van der Waals surface area contributed by atoms with Crippen LogP contribution in [0.15, 0.2) is 53.3 Å². The highest BCUT2D eigenvalue weighted by Crippen LogP contribution is 2.28. The molecule has 0 radical (unpaired) electrons. The fraction of sp³-hybridized carbons (Fsp3) is 0.238. The molecule has 1 aromatic heterocycles. The van der Waals surface area contributed by atoms with Crippen LogP contribution in [-0.2, 0) is 19.5 Å². The van der Waals surface area contributed by atoms with Crippen molar-refractivity contribution in [2.75, 3.05) is 6.54 Å². The summed E-state index contributed by atoms with van der Waals surface area (Å²) in [7, 11) is 0. The second-order valence-electron chi connectivity index (χ2n) is 6.96. The number of alkyl halides is 3. The Morgan fingerprint density at radius 1 is 1.13 bits per heavy atom. The molecular formula is C21H17ClF3N3O2. The minimum Gasteiger partial charge on any atom is -0.405 e. The molecule has 0 bridgehead atoms. The van der Waals surface area contributed by atoms with E-state index >= 15 is 0 Å². The molecule has 1 aliphatic heterocycles. The van der Waals surface area contributed by atoms with Crippen LogP contribution in [0.3, 0.4) is 0 Å². The molecule has 0 fully saturated rings. The van der Waals surface area contributed by atoms with Gasteiger partial charge >= 0.3 is 6.36 Å². The lowest BCUT2D eigenvalue weighted by Crippen LogP contribution is -2.35. The number of para-hydroxylation sites is 1. The standard InChI is InChI=1S/C21H17ClF3N3O2/c22-15-7-5-13(6-8-15)19-26-17-9-10-28(12-16(17)20(29)27-19)11-14-3-1-2-4-18(14)30-21(23,24)25/h1-8H,9-12H2,(H,26,27,29). The van der Waals surface area contributed by atoms with Gasteiger partial charge in [-0.1, -0.05) is 29.8 Å². The van der Waals surface area contributed by atoms with E-state index in [1.807, 2.05) is 4.90 Å². The fourth-order valence-corrected chi connectivity index (χ4v) is 3.59. The summed E-state index contributed by atoms with van der Waals surface area (Å²) >= 11 is 5.91. The van der Waals surface area contributed by atoms with E-state index in [1.165, 1.54) is 12.1 Å². The molecule has 0 amide bonds. The molecule has 30 heavy (non-hydrogen) atoms. The molecule has 9 heteroatoms. The lowest BCUT2D eigenvalue weighted by Gasteiger charge is -2.28. The number of halogens is 4. The molecule has 0 saturated heterocycles. The minimum absolute atomic E-state index is 0.226. The topological polar surface area (TPSA) is 58.2 Å². The third-order valence-electron chi connectivity index (χ3n) is 4.86. The van der Waals surface area contributed by atoms with Crippen molar-refractivity contribution >= 4 is 11.6 Å². The number of rotatable bonds is 4. The number of benzene rings is 2. The lowest BCUT2D eigenvalue weighted by molar-refractivity contribution is -0.275. The van der Waals surface area contributed by atoms with Crippen molar-refractivity contribution in [1.82, 2.24) is 14.9 Å². The predicted octanol–water partition coefficient (Wildman–Crippen LogP) is 4.55. The van der Waals surface area contributed by atoms with Gasteiger partial charge in [0.25, 0.3) is 5.56 Å². The van der Waals surface area contributed by atoms with Gasteiger partial charge in [0.05, 0.1) is 11.3 Å². The van der Waals surface area contributed by atoms with Crippen LogP contribution >= 0.6 is 11.6 Å². The van der Waals surface area contributed by atoms with Crippen molar-refractivity contribution in [2.24, 2.45) is 0 Å². The number of fused-ring (bicyclic) bond motifs is 1. The Labute approximate surface area is 175 Å². The number of aromatic amines is 1. The summed E-state index contributed by atoms with van der Waals surface area (Å²) in [6.45, 7) is 1.08. The molecule has 0 aliphatic carbocycles. The summed E-state index contributed by atoms with van der Waals surface area (Å²) in [5.74, 6) is 0.230. The first-order chi connectivity index (χ1) is 14.3. The molecule has 0 spiro atoms. The molecule has 5 nitrogen and oxygen atoms in total. The Hall–Kier alpha value is -2.84. The maximum absolute atomic E-state index is 12.7. The zero-order chi connectivity index (χ0) is 21.3. The number of aromatic nitrogens is 2. The number of nitrogens with zero attached hydrogens (tertiary/aromatic N) is 2. The molecule has 2 aromatic carbocycles. The molecule has 156 valence electrons. The molecule has 1 aliphatic rings. The minimum atomic E-state index is -4.76. The molecule has 0 saturated carbocycles. The zero-order valence-electron chi connectivity index (χ0n) is 15.7. The fourth-order valence-electron chi connectivity index (χ4n) is 3.46. The van der Waals surface area contributed by atoms with Crippen LogP contribution in [0.4, 0.5) is 13.2 Å².